The van der Waals surface area contributed by atoms with Crippen molar-refractivity contribution in [2.75, 3.05) is 0 Å². The van der Waals surface area contributed by atoms with E-state index in [-0.39, 0.29) is 42.2 Å². The summed E-state index contributed by atoms with van der Waals surface area (Å²) in [5.74, 6) is 0. The first-order valence-electron chi connectivity index (χ1n) is 2.91. The van der Waals surface area contributed by atoms with Crippen LogP contribution in [0.25, 0.3) is 0 Å². The predicted octanol–water partition coefficient (Wildman–Crippen LogP) is 2.25. The Labute approximate surface area is 81.7 Å². The van der Waals surface area contributed by atoms with E-state index in [1.54, 1.807) is 0 Å². The number of hydrogen-bond acceptors (Lipinski definition) is 0. The van der Waals surface area contributed by atoms with Crippen LogP contribution in [0.1, 0.15) is 39.5 Å². The van der Waals surface area contributed by atoms with Crippen LogP contribution in [0, 0.1) is 0 Å². The Hall–Kier alpha value is 1.11. The zero-order valence-electron chi connectivity index (χ0n) is 5.64. The van der Waals surface area contributed by atoms with E-state index in [0.29, 0.717) is 0 Å². The first-order valence-corrected chi connectivity index (χ1v) is 2.91. The van der Waals surface area contributed by atoms with Crippen LogP contribution in [-0.2, 0) is 0 Å². The van der Waals surface area contributed by atoms with E-state index in [0.717, 1.165) is 0 Å². The third kappa shape index (κ3) is 27.3. The number of unbranched alkanes of at least 4 members (excludes halogenated alkanes) is 3. The Morgan fingerprint density at radius 3 is 1.11 bits per heavy atom. The van der Waals surface area contributed by atoms with E-state index in [1.807, 2.05) is 0 Å². The van der Waals surface area contributed by atoms with Crippen LogP contribution in [-0.4, -0.2) is 17.4 Å². The molecule has 0 aliphatic carbocycles. The van der Waals surface area contributed by atoms with Gasteiger partial charge in [0.15, 0.2) is 17.4 Å². The molecule has 0 aromatic rings. The molecule has 0 aromatic heterocycles. The number of hydrogen-bond donors (Lipinski definition) is 0. The van der Waals surface area contributed by atoms with Gasteiger partial charge in [0.1, 0.15) is 0 Å². The molecule has 0 saturated heterocycles. The van der Waals surface area contributed by atoms with Crippen LogP contribution in [0.5, 0.6) is 0 Å². The fourth-order valence-corrected chi connectivity index (χ4v) is 0.500. The summed E-state index contributed by atoms with van der Waals surface area (Å²) in [6.07, 6.45) is 5.54. The van der Waals surface area contributed by atoms with Crippen molar-refractivity contribution in [2.45, 2.75) is 39.5 Å². The summed E-state index contributed by atoms with van der Waals surface area (Å²) in [5.41, 5.74) is 0. The molecule has 0 aliphatic rings. The van der Waals surface area contributed by atoms with Gasteiger partial charge in [-0.05, 0) is 0 Å². The zero-order valence-corrected chi connectivity index (χ0v) is 7.28. The molecule has 0 fully saturated rings. The second kappa shape index (κ2) is 22.9. The summed E-state index contributed by atoms with van der Waals surface area (Å²) in [7, 11) is 0. The Balaban J connectivity index is -0.0000000417. The Morgan fingerprint density at radius 2 is 1.00 bits per heavy atom. The van der Waals surface area contributed by atoms with Crippen LogP contribution in [0.3, 0.4) is 0 Å². The fraction of sp³-hybridized carbons (Fsp3) is 1.00. The smallest absolute Gasteiger partial charge is 0.147 e. The normalized spacial score (nSPS) is 6.00. The molecule has 9 heavy (non-hydrogen) atoms. The average molecular weight is 189 g/mol. The lowest BCUT2D eigenvalue weighted by molar-refractivity contribution is 0.702. The molecule has 0 nitrogen and oxygen atoms in total. The summed E-state index contributed by atoms with van der Waals surface area (Å²) in [5, 5.41) is 0. The highest BCUT2D eigenvalue weighted by Crippen LogP contribution is 1.95. The maximum absolute atomic E-state index is 2.23. The topological polar surface area (TPSA) is 0 Å². The third-order valence-electron chi connectivity index (χ3n) is 0.957. The SMILES string of the molecule is CCCCCC.Cl.Cl.[AlH3]. The second-order valence-corrected chi connectivity index (χ2v) is 1.71. The van der Waals surface area contributed by atoms with Crippen molar-refractivity contribution in [3.05, 3.63) is 0 Å². The Morgan fingerprint density at radius 1 is 0.778 bits per heavy atom. The lowest BCUT2D eigenvalue weighted by atomic mass is 10.2. The maximum Gasteiger partial charge on any atom is 0.187 e. The van der Waals surface area contributed by atoms with Crippen molar-refractivity contribution in [3.8, 4) is 0 Å². The van der Waals surface area contributed by atoms with Gasteiger partial charge in [-0.25, -0.2) is 0 Å². The lowest BCUT2D eigenvalue weighted by Crippen LogP contribution is -1.66. The van der Waals surface area contributed by atoms with E-state index in [9.17, 15) is 0 Å². The van der Waals surface area contributed by atoms with Gasteiger partial charge in [-0.1, -0.05) is 39.5 Å². The van der Waals surface area contributed by atoms with Crippen molar-refractivity contribution < 1.29 is 0 Å². The number of halogens is 2. The minimum Gasteiger partial charge on any atom is -0.147 e. The summed E-state index contributed by atoms with van der Waals surface area (Å²) in [4.78, 5) is 0. The Kier molecular flexibility index (Phi) is 57.3. The lowest BCUT2D eigenvalue weighted by Gasteiger charge is -1.86. The van der Waals surface area contributed by atoms with Gasteiger partial charge in [0.2, 0.25) is 0 Å². The maximum atomic E-state index is 2.23. The van der Waals surface area contributed by atoms with E-state index in [4.69, 9.17) is 0 Å². The molecule has 0 aliphatic heterocycles. The van der Waals surface area contributed by atoms with Crippen LogP contribution in [0.4, 0.5) is 0 Å². The monoisotopic (exact) mass is 188 g/mol. The van der Waals surface area contributed by atoms with Gasteiger partial charge < -0.3 is 0 Å². The molecular weight excluding hydrogens is 170 g/mol. The van der Waals surface area contributed by atoms with Gasteiger partial charge in [-0.2, -0.15) is 0 Å². The zero-order chi connectivity index (χ0) is 4.83. The summed E-state index contributed by atoms with van der Waals surface area (Å²) < 4.78 is 0. The molecule has 0 atom stereocenters. The van der Waals surface area contributed by atoms with Crippen molar-refractivity contribution in [1.82, 2.24) is 0 Å². The minimum atomic E-state index is 0. The van der Waals surface area contributed by atoms with E-state index in [1.165, 1.54) is 25.7 Å². The molecule has 0 amide bonds. The fourth-order valence-electron chi connectivity index (χ4n) is 0.500. The highest BCUT2D eigenvalue weighted by atomic mass is 35.5. The molecule has 3 heteroatoms. The molecule has 0 spiro atoms. The third-order valence-corrected chi connectivity index (χ3v) is 0.957. The molecule has 60 valence electrons. The summed E-state index contributed by atoms with van der Waals surface area (Å²) >= 11 is 0. The van der Waals surface area contributed by atoms with Crippen molar-refractivity contribution in [3.63, 3.8) is 0 Å². The van der Waals surface area contributed by atoms with Gasteiger partial charge in [0, 0.05) is 0 Å². The molecule has 0 N–H and O–H groups in total. The largest absolute Gasteiger partial charge is 0.187 e. The Bertz CT molecular complexity index is 23.0. The van der Waals surface area contributed by atoms with Crippen LogP contribution in [0.2, 0.25) is 0 Å². The van der Waals surface area contributed by atoms with Gasteiger partial charge in [0.25, 0.3) is 0 Å². The first-order chi connectivity index (χ1) is 2.91. The average Bonchev–Trinajstić information content (AvgIpc) is 1.61. The summed E-state index contributed by atoms with van der Waals surface area (Å²) in [6, 6.07) is 0. The van der Waals surface area contributed by atoms with Gasteiger partial charge in [-0.15, -0.1) is 24.8 Å². The molecule has 0 bridgehead atoms. The standard InChI is InChI=1S/C6H14.Al.2ClH.3H/c1-3-5-6-4-2;;;;;;/h3-6H2,1-2H3;;2*1H;;;. The van der Waals surface area contributed by atoms with Crippen molar-refractivity contribution in [1.29, 1.82) is 0 Å². The minimum absolute atomic E-state index is 0. The highest BCUT2D eigenvalue weighted by molar-refractivity contribution is 5.85. The van der Waals surface area contributed by atoms with Crippen LogP contribution >= 0.6 is 24.8 Å². The molecular formula is C6H19AlCl2. The number of rotatable bonds is 3. The molecule has 0 saturated carbocycles. The van der Waals surface area contributed by atoms with Crippen LogP contribution < -0.4 is 0 Å². The van der Waals surface area contributed by atoms with Gasteiger partial charge >= 0.3 is 0 Å². The van der Waals surface area contributed by atoms with E-state index < -0.39 is 0 Å². The first kappa shape index (κ1) is 22.5. The molecule has 0 heterocycles. The second-order valence-electron chi connectivity index (χ2n) is 1.71. The van der Waals surface area contributed by atoms with Gasteiger partial charge in [-0.3, -0.25) is 0 Å². The van der Waals surface area contributed by atoms with Gasteiger partial charge in [0.05, 0.1) is 0 Å². The van der Waals surface area contributed by atoms with Crippen molar-refractivity contribution in [2.24, 2.45) is 0 Å². The molecule has 0 aromatic carbocycles. The molecule has 0 unspecified atom stereocenters. The molecule has 0 radical (unpaired) electrons. The highest BCUT2D eigenvalue weighted by Gasteiger charge is 1.75. The van der Waals surface area contributed by atoms with E-state index in [2.05, 4.69) is 13.8 Å². The molecule has 0 rings (SSSR count). The quantitative estimate of drug-likeness (QED) is 0.471. The summed E-state index contributed by atoms with van der Waals surface area (Å²) in [6.45, 7) is 4.46. The van der Waals surface area contributed by atoms with Crippen molar-refractivity contribution >= 4 is 42.2 Å². The van der Waals surface area contributed by atoms with Crippen LogP contribution in [0.15, 0.2) is 0 Å². The van der Waals surface area contributed by atoms with E-state index >= 15 is 0 Å². The predicted molar refractivity (Wildman–Crippen MR) is 54.3 cm³/mol.